The van der Waals surface area contributed by atoms with E-state index in [-0.39, 0.29) is 24.0 Å². The summed E-state index contributed by atoms with van der Waals surface area (Å²) in [5.41, 5.74) is 1.54. The SMILES string of the molecule is O=C(COc1cccc([N+](=O)[O-])c1)Nc1ccccc1N1CCOCC1. The molecule has 8 heteroatoms. The number of amides is 1. The number of hydrogen-bond donors (Lipinski definition) is 1. The van der Waals surface area contributed by atoms with Crippen molar-refractivity contribution in [2.75, 3.05) is 43.1 Å². The van der Waals surface area contributed by atoms with E-state index in [2.05, 4.69) is 10.2 Å². The summed E-state index contributed by atoms with van der Waals surface area (Å²) in [6.45, 7) is 2.59. The predicted molar refractivity (Wildman–Crippen MR) is 96.7 cm³/mol. The second-order valence-electron chi connectivity index (χ2n) is 5.71. The molecule has 136 valence electrons. The van der Waals surface area contributed by atoms with Crippen LogP contribution < -0.4 is 15.0 Å². The van der Waals surface area contributed by atoms with Crippen molar-refractivity contribution in [1.82, 2.24) is 0 Å². The molecule has 1 fully saturated rings. The lowest BCUT2D eigenvalue weighted by atomic mass is 10.2. The maximum absolute atomic E-state index is 12.2. The van der Waals surface area contributed by atoms with Crippen LogP contribution >= 0.6 is 0 Å². The average Bonchev–Trinajstić information content (AvgIpc) is 2.68. The predicted octanol–water partition coefficient (Wildman–Crippen LogP) is 2.45. The lowest BCUT2D eigenvalue weighted by molar-refractivity contribution is -0.384. The van der Waals surface area contributed by atoms with E-state index >= 15 is 0 Å². The Morgan fingerprint density at radius 3 is 2.73 bits per heavy atom. The highest BCUT2D eigenvalue weighted by Crippen LogP contribution is 2.26. The molecule has 0 aromatic heterocycles. The van der Waals surface area contributed by atoms with Gasteiger partial charge in [0.2, 0.25) is 0 Å². The molecule has 8 nitrogen and oxygen atoms in total. The van der Waals surface area contributed by atoms with E-state index in [4.69, 9.17) is 9.47 Å². The Morgan fingerprint density at radius 1 is 1.19 bits per heavy atom. The van der Waals surface area contributed by atoms with Crippen LogP contribution in [0.5, 0.6) is 5.75 Å². The van der Waals surface area contributed by atoms with Crippen LogP contribution in [0.25, 0.3) is 0 Å². The van der Waals surface area contributed by atoms with Gasteiger partial charge in [-0.1, -0.05) is 18.2 Å². The van der Waals surface area contributed by atoms with Crippen LogP contribution in [0.1, 0.15) is 0 Å². The molecule has 1 amide bonds. The lowest BCUT2D eigenvalue weighted by Crippen LogP contribution is -2.36. The van der Waals surface area contributed by atoms with E-state index < -0.39 is 4.92 Å². The fraction of sp³-hybridized carbons (Fsp3) is 0.278. The third-order valence-corrected chi connectivity index (χ3v) is 3.93. The van der Waals surface area contributed by atoms with E-state index in [1.165, 1.54) is 18.2 Å². The van der Waals surface area contributed by atoms with Crippen LogP contribution in [-0.4, -0.2) is 43.7 Å². The molecule has 26 heavy (non-hydrogen) atoms. The molecule has 1 heterocycles. The van der Waals surface area contributed by atoms with Gasteiger partial charge in [0.05, 0.1) is 35.6 Å². The van der Waals surface area contributed by atoms with Crippen molar-refractivity contribution in [1.29, 1.82) is 0 Å². The molecule has 2 aromatic rings. The Balaban J connectivity index is 1.62. The number of benzene rings is 2. The van der Waals surface area contributed by atoms with E-state index in [1.807, 2.05) is 24.3 Å². The van der Waals surface area contributed by atoms with Crippen LogP contribution in [-0.2, 0) is 9.53 Å². The number of carbonyl (C=O) groups excluding carboxylic acids is 1. The van der Waals surface area contributed by atoms with Crippen molar-refractivity contribution in [2.24, 2.45) is 0 Å². The number of anilines is 2. The summed E-state index contributed by atoms with van der Waals surface area (Å²) in [5.74, 6) is -0.0620. The molecular formula is C18H19N3O5. The molecule has 1 saturated heterocycles. The van der Waals surface area contributed by atoms with Crippen LogP contribution in [0, 0.1) is 10.1 Å². The number of carbonyl (C=O) groups is 1. The fourth-order valence-corrected chi connectivity index (χ4v) is 2.68. The van der Waals surface area contributed by atoms with Gasteiger partial charge >= 0.3 is 0 Å². The molecule has 3 rings (SSSR count). The molecule has 0 radical (unpaired) electrons. The number of ether oxygens (including phenoxy) is 2. The van der Waals surface area contributed by atoms with E-state index in [0.717, 1.165) is 18.8 Å². The van der Waals surface area contributed by atoms with Crippen molar-refractivity contribution in [3.8, 4) is 5.75 Å². The number of nitro groups is 1. The molecule has 0 bridgehead atoms. The Kier molecular flexibility index (Phi) is 5.65. The van der Waals surface area contributed by atoms with E-state index in [1.54, 1.807) is 6.07 Å². The second-order valence-corrected chi connectivity index (χ2v) is 5.71. The summed E-state index contributed by atoms with van der Waals surface area (Å²) >= 11 is 0. The smallest absolute Gasteiger partial charge is 0.273 e. The molecule has 0 atom stereocenters. The summed E-state index contributed by atoms with van der Waals surface area (Å²) in [7, 11) is 0. The van der Waals surface area contributed by atoms with E-state index in [9.17, 15) is 14.9 Å². The van der Waals surface area contributed by atoms with Gasteiger partial charge in [-0.2, -0.15) is 0 Å². The second kappa shape index (κ2) is 8.30. The van der Waals surface area contributed by atoms with Gasteiger partial charge < -0.3 is 19.7 Å². The first-order valence-electron chi connectivity index (χ1n) is 8.22. The van der Waals surface area contributed by atoms with Gasteiger partial charge in [0.15, 0.2) is 6.61 Å². The standard InChI is InChI=1S/C18H19N3O5/c22-18(13-26-15-5-3-4-14(12-15)21(23)24)19-16-6-1-2-7-17(16)20-8-10-25-11-9-20/h1-7,12H,8-11,13H2,(H,19,22). The van der Waals surface area contributed by atoms with Gasteiger partial charge in [-0.15, -0.1) is 0 Å². The minimum Gasteiger partial charge on any atom is -0.484 e. The van der Waals surface area contributed by atoms with Gasteiger partial charge in [-0.3, -0.25) is 14.9 Å². The molecule has 0 spiro atoms. The van der Waals surface area contributed by atoms with Crippen LogP contribution in [0.3, 0.4) is 0 Å². The zero-order valence-electron chi connectivity index (χ0n) is 14.1. The highest BCUT2D eigenvalue weighted by atomic mass is 16.6. The largest absolute Gasteiger partial charge is 0.484 e. The van der Waals surface area contributed by atoms with Gasteiger partial charge in [0.1, 0.15) is 5.75 Å². The number of nitrogens with one attached hydrogen (secondary N) is 1. The lowest BCUT2D eigenvalue weighted by Gasteiger charge is -2.30. The van der Waals surface area contributed by atoms with Crippen molar-refractivity contribution in [3.05, 3.63) is 58.6 Å². The number of nitro benzene ring substituents is 1. The first-order chi connectivity index (χ1) is 12.6. The maximum Gasteiger partial charge on any atom is 0.273 e. The summed E-state index contributed by atoms with van der Waals surface area (Å²) < 4.78 is 10.7. The minimum absolute atomic E-state index is 0.0828. The Labute approximate surface area is 150 Å². The molecule has 2 aromatic carbocycles. The summed E-state index contributed by atoms with van der Waals surface area (Å²) in [5, 5.41) is 13.6. The number of nitrogens with zero attached hydrogens (tertiary/aromatic N) is 2. The average molecular weight is 357 g/mol. The van der Waals surface area contributed by atoms with Crippen molar-refractivity contribution in [3.63, 3.8) is 0 Å². The minimum atomic E-state index is -0.508. The molecule has 1 aliphatic rings. The quantitative estimate of drug-likeness (QED) is 0.630. The first-order valence-corrected chi connectivity index (χ1v) is 8.22. The Morgan fingerprint density at radius 2 is 1.96 bits per heavy atom. The van der Waals surface area contributed by atoms with Crippen molar-refractivity contribution < 1.29 is 19.2 Å². The van der Waals surface area contributed by atoms with E-state index in [0.29, 0.717) is 18.9 Å². The van der Waals surface area contributed by atoms with Gasteiger partial charge in [-0.05, 0) is 18.2 Å². The van der Waals surface area contributed by atoms with Gasteiger partial charge in [0, 0.05) is 19.2 Å². The maximum atomic E-state index is 12.2. The van der Waals surface area contributed by atoms with Crippen molar-refractivity contribution in [2.45, 2.75) is 0 Å². The third kappa shape index (κ3) is 4.48. The molecule has 0 unspecified atom stereocenters. The number of morpholine rings is 1. The van der Waals surface area contributed by atoms with Gasteiger partial charge in [-0.25, -0.2) is 0 Å². The third-order valence-electron chi connectivity index (χ3n) is 3.93. The van der Waals surface area contributed by atoms with Crippen molar-refractivity contribution >= 4 is 23.0 Å². The fourth-order valence-electron chi connectivity index (χ4n) is 2.68. The molecule has 0 aliphatic carbocycles. The number of hydrogen-bond acceptors (Lipinski definition) is 6. The molecule has 0 saturated carbocycles. The number of non-ortho nitro benzene ring substituents is 1. The highest BCUT2D eigenvalue weighted by molar-refractivity contribution is 5.95. The molecule has 1 N–H and O–H groups in total. The number of rotatable bonds is 6. The topological polar surface area (TPSA) is 93.9 Å². The Bertz CT molecular complexity index is 790. The molecular weight excluding hydrogens is 338 g/mol. The highest BCUT2D eigenvalue weighted by Gasteiger charge is 2.16. The first kappa shape index (κ1) is 17.7. The summed E-state index contributed by atoms with van der Waals surface area (Å²) in [4.78, 5) is 24.6. The number of para-hydroxylation sites is 2. The molecule has 1 aliphatic heterocycles. The zero-order chi connectivity index (χ0) is 18.4. The van der Waals surface area contributed by atoms with Crippen LogP contribution in [0.2, 0.25) is 0 Å². The van der Waals surface area contributed by atoms with Gasteiger partial charge in [0.25, 0.3) is 11.6 Å². The van der Waals surface area contributed by atoms with Crippen LogP contribution in [0.4, 0.5) is 17.1 Å². The summed E-state index contributed by atoms with van der Waals surface area (Å²) in [6, 6.07) is 13.3. The Hall–Kier alpha value is -3.13. The summed E-state index contributed by atoms with van der Waals surface area (Å²) in [6.07, 6.45) is 0. The zero-order valence-corrected chi connectivity index (χ0v) is 14.1. The van der Waals surface area contributed by atoms with Crippen LogP contribution in [0.15, 0.2) is 48.5 Å². The monoisotopic (exact) mass is 357 g/mol. The normalized spacial score (nSPS) is 13.9.